The number of carbonyl (C=O) groups is 2. The summed E-state index contributed by atoms with van der Waals surface area (Å²) in [6.45, 7) is 0. The largest absolute Gasteiger partial charge is 0.408 e. The zero-order chi connectivity index (χ0) is 17.7. The van der Waals surface area contributed by atoms with Crippen LogP contribution in [-0.4, -0.2) is 36.6 Å². The van der Waals surface area contributed by atoms with Crippen molar-refractivity contribution in [2.75, 3.05) is 6.26 Å². The van der Waals surface area contributed by atoms with Crippen LogP contribution in [0.15, 0.2) is 33.9 Å². The normalized spacial score (nSPS) is 11.4. The fourth-order valence-electron chi connectivity index (χ4n) is 2.02. The van der Waals surface area contributed by atoms with Crippen LogP contribution in [0, 0.1) is 0 Å². The lowest BCUT2D eigenvalue weighted by Crippen LogP contribution is -2.11. The molecule has 0 saturated carbocycles. The molecule has 1 aromatic heterocycles. The van der Waals surface area contributed by atoms with Crippen molar-refractivity contribution in [2.45, 2.75) is 30.9 Å². The second-order valence-corrected chi connectivity index (χ2v) is 7.27. The van der Waals surface area contributed by atoms with Crippen molar-refractivity contribution in [1.82, 2.24) is 10.2 Å². The first-order valence-corrected chi connectivity index (χ1v) is 9.08. The molecule has 1 aromatic carbocycles. The average molecular weight is 351 g/mol. The van der Waals surface area contributed by atoms with Gasteiger partial charge in [-0.3, -0.25) is 9.59 Å². The van der Waals surface area contributed by atoms with Crippen LogP contribution in [0.5, 0.6) is 0 Å². The topological polar surface area (TPSA) is 133 Å². The molecule has 128 valence electrons. The summed E-state index contributed by atoms with van der Waals surface area (Å²) in [6, 6.07) is 6.80. The predicted molar refractivity (Wildman–Crippen MR) is 84.6 cm³/mol. The summed E-state index contributed by atoms with van der Waals surface area (Å²) >= 11 is 0. The van der Waals surface area contributed by atoms with E-state index in [1.807, 2.05) is 0 Å². The average Bonchev–Trinajstić information content (AvgIpc) is 2.97. The number of benzene rings is 1. The van der Waals surface area contributed by atoms with E-state index >= 15 is 0 Å². The van der Waals surface area contributed by atoms with Gasteiger partial charge in [-0.2, -0.15) is 0 Å². The number of carbonyl (C=O) groups excluding carboxylic acids is 2. The minimum atomic E-state index is -3.55. The van der Waals surface area contributed by atoms with E-state index in [0.29, 0.717) is 18.4 Å². The van der Waals surface area contributed by atoms with E-state index in [1.54, 1.807) is 24.3 Å². The number of ketones is 1. The number of Topliss-reactive ketones (excluding diaryl/α,β-unsaturated/α-hetero) is 1. The highest BCUT2D eigenvalue weighted by Gasteiger charge is 2.17. The third kappa shape index (κ3) is 4.98. The van der Waals surface area contributed by atoms with E-state index in [9.17, 15) is 18.0 Å². The molecule has 2 N–H and O–H groups in total. The third-order valence-electron chi connectivity index (χ3n) is 3.20. The standard InChI is InChI=1S/C15H17N3O5S/c1-24(21,22)15-18-17-14(23-15)11-7-5-10(6-8-11)9-12(19)3-2-4-13(16)20/h5-8H,2-4,9H2,1H3,(H2,16,20). The SMILES string of the molecule is CS(=O)(=O)c1nnc(-c2ccc(CC(=O)CCCC(N)=O)cc2)o1. The molecule has 2 aromatic rings. The number of rotatable bonds is 8. The molecule has 0 aliphatic heterocycles. The van der Waals surface area contributed by atoms with Gasteiger partial charge in [0.05, 0.1) is 0 Å². The molecule has 0 aliphatic rings. The van der Waals surface area contributed by atoms with E-state index in [-0.39, 0.29) is 24.5 Å². The Hall–Kier alpha value is -2.55. The van der Waals surface area contributed by atoms with Crippen molar-refractivity contribution >= 4 is 21.5 Å². The van der Waals surface area contributed by atoms with E-state index < -0.39 is 21.0 Å². The Bertz CT molecular complexity index is 840. The Morgan fingerprint density at radius 2 is 1.79 bits per heavy atom. The van der Waals surface area contributed by atoms with E-state index in [4.69, 9.17) is 10.2 Å². The maximum Gasteiger partial charge on any atom is 0.335 e. The highest BCUT2D eigenvalue weighted by atomic mass is 32.2. The summed E-state index contributed by atoms with van der Waals surface area (Å²) in [5, 5.41) is 6.74. The van der Waals surface area contributed by atoms with Crippen molar-refractivity contribution in [2.24, 2.45) is 5.73 Å². The van der Waals surface area contributed by atoms with Crippen LogP contribution in [0.3, 0.4) is 0 Å². The molecule has 1 amide bonds. The lowest BCUT2D eigenvalue weighted by molar-refractivity contribution is -0.119. The first-order chi connectivity index (χ1) is 11.3. The summed E-state index contributed by atoms with van der Waals surface area (Å²) in [7, 11) is -3.55. The van der Waals surface area contributed by atoms with Gasteiger partial charge in [-0.05, 0) is 24.1 Å². The number of hydrogen-bond donors (Lipinski definition) is 1. The number of sulfone groups is 1. The molecule has 1 heterocycles. The van der Waals surface area contributed by atoms with E-state index in [2.05, 4.69) is 10.2 Å². The number of aromatic nitrogens is 2. The Labute approximate surface area is 139 Å². The molecule has 0 unspecified atom stereocenters. The number of amides is 1. The second-order valence-electron chi connectivity index (χ2n) is 5.38. The molecule has 24 heavy (non-hydrogen) atoms. The molecule has 0 spiro atoms. The molecular formula is C15H17N3O5S. The van der Waals surface area contributed by atoms with Gasteiger partial charge in [0.15, 0.2) is 0 Å². The van der Waals surface area contributed by atoms with Gasteiger partial charge in [0.1, 0.15) is 5.78 Å². The Morgan fingerprint density at radius 1 is 1.12 bits per heavy atom. The van der Waals surface area contributed by atoms with Crippen LogP contribution in [0.25, 0.3) is 11.5 Å². The van der Waals surface area contributed by atoms with Crippen LogP contribution in [0.2, 0.25) is 0 Å². The molecule has 0 radical (unpaired) electrons. The molecular weight excluding hydrogens is 334 g/mol. The maximum absolute atomic E-state index is 11.8. The summed E-state index contributed by atoms with van der Waals surface area (Å²) in [5.41, 5.74) is 6.38. The molecule has 0 aliphatic carbocycles. The lowest BCUT2D eigenvalue weighted by atomic mass is 10.0. The summed E-state index contributed by atoms with van der Waals surface area (Å²) in [6.07, 6.45) is 2.17. The first-order valence-electron chi connectivity index (χ1n) is 7.18. The summed E-state index contributed by atoms with van der Waals surface area (Å²) in [4.78, 5) is 22.4. The Morgan fingerprint density at radius 3 is 2.33 bits per heavy atom. The number of nitrogens with zero attached hydrogens (tertiary/aromatic N) is 2. The van der Waals surface area contributed by atoms with Crippen LogP contribution < -0.4 is 5.73 Å². The summed E-state index contributed by atoms with van der Waals surface area (Å²) < 4.78 is 27.7. The molecule has 9 heteroatoms. The minimum Gasteiger partial charge on any atom is -0.408 e. The number of nitrogens with two attached hydrogens (primary N) is 1. The fourth-order valence-corrected chi connectivity index (χ4v) is 2.44. The predicted octanol–water partition coefficient (Wildman–Crippen LogP) is 0.907. The Balaban J connectivity index is 1.99. The zero-order valence-corrected chi connectivity index (χ0v) is 13.9. The highest BCUT2D eigenvalue weighted by molar-refractivity contribution is 7.90. The molecule has 8 nitrogen and oxygen atoms in total. The van der Waals surface area contributed by atoms with Gasteiger partial charge in [0.2, 0.25) is 21.6 Å². The van der Waals surface area contributed by atoms with Gasteiger partial charge < -0.3 is 10.2 Å². The third-order valence-corrected chi connectivity index (χ3v) is 4.00. The van der Waals surface area contributed by atoms with Gasteiger partial charge in [0.25, 0.3) is 0 Å². The fraction of sp³-hybridized carbons (Fsp3) is 0.333. The van der Waals surface area contributed by atoms with E-state index in [0.717, 1.165) is 11.8 Å². The van der Waals surface area contributed by atoms with Crippen LogP contribution >= 0.6 is 0 Å². The monoisotopic (exact) mass is 351 g/mol. The van der Waals surface area contributed by atoms with Crippen molar-refractivity contribution in [1.29, 1.82) is 0 Å². The molecule has 0 fully saturated rings. The van der Waals surface area contributed by atoms with Gasteiger partial charge >= 0.3 is 5.22 Å². The lowest BCUT2D eigenvalue weighted by Gasteiger charge is -2.02. The Kier molecular flexibility index (Phi) is 5.45. The van der Waals surface area contributed by atoms with Crippen LogP contribution in [0.1, 0.15) is 24.8 Å². The molecule has 0 bridgehead atoms. The molecule has 0 saturated heterocycles. The smallest absolute Gasteiger partial charge is 0.335 e. The number of hydrogen-bond acceptors (Lipinski definition) is 7. The zero-order valence-electron chi connectivity index (χ0n) is 13.1. The first kappa shape index (κ1) is 17.8. The van der Waals surface area contributed by atoms with E-state index in [1.165, 1.54) is 0 Å². The minimum absolute atomic E-state index is 0.0150. The summed E-state index contributed by atoms with van der Waals surface area (Å²) in [5.74, 6) is -0.309. The van der Waals surface area contributed by atoms with Crippen molar-refractivity contribution in [3.63, 3.8) is 0 Å². The molecule has 2 rings (SSSR count). The quantitative estimate of drug-likeness (QED) is 0.747. The van der Waals surface area contributed by atoms with Crippen LogP contribution in [-0.2, 0) is 25.8 Å². The van der Waals surface area contributed by atoms with Gasteiger partial charge in [0, 0.05) is 31.1 Å². The van der Waals surface area contributed by atoms with Crippen molar-refractivity contribution in [3.05, 3.63) is 29.8 Å². The molecule has 0 atom stereocenters. The van der Waals surface area contributed by atoms with Gasteiger partial charge in [-0.1, -0.05) is 17.2 Å². The van der Waals surface area contributed by atoms with Gasteiger partial charge in [-0.25, -0.2) is 8.42 Å². The number of primary amides is 1. The van der Waals surface area contributed by atoms with Crippen molar-refractivity contribution < 1.29 is 22.4 Å². The van der Waals surface area contributed by atoms with Crippen LogP contribution in [0.4, 0.5) is 0 Å². The highest BCUT2D eigenvalue weighted by Crippen LogP contribution is 2.20. The van der Waals surface area contributed by atoms with Crippen molar-refractivity contribution in [3.8, 4) is 11.5 Å². The van der Waals surface area contributed by atoms with Gasteiger partial charge in [-0.15, -0.1) is 5.10 Å². The maximum atomic E-state index is 11.8. The second kappa shape index (κ2) is 7.35.